The van der Waals surface area contributed by atoms with E-state index in [0.717, 1.165) is 29.7 Å². The normalized spacial score (nSPS) is 22.0. The van der Waals surface area contributed by atoms with Crippen molar-refractivity contribution in [3.05, 3.63) is 29.3 Å². The Bertz CT molecular complexity index is 668. The van der Waals surface area contributed by atoms with Gasteiger partial charge in [0.05, 0.1) is 5.92 Å². The molecule has 3 rings (SSSR count). The fourth-order valence-electron chi connectivity index (χ4n) is 4.09. The van der Waals surface area contributed by atoms with Gasteiger partial charge in [-0.05, 0) is 38.3 Å². The molecule has 2 saturated heterocycles. The Kier molecular flexibility index (Phi) is 4.99. The number of likely N-dealkylation sites (tertiary alicyclic amines) is 1. The molecule has 0 aromatic heterocycles. The smallest absolute Gasteiger partial charge is 0.321 e. The molecule has 6 nitrogen and oxygen atoms in total. The molecular formula is C19H27N3O3. The first-order chi connectivity index (χ1) is 11.9. The number of benzene rings is 1. The van der Waals surface area contributed by atoms with E-state index in [2.05, 4.69) is 10.6 Å². The molecule has 2 aliphatic rings. The highest BCUT2D eigenvalue weighted by Crippen LogP contribution is 2.44. The van der Waals surface area contributed by atoms with Gasteiger partial charge in [-0.15, -0.1) is 0 Å². The van der Waals surface area contributed by atoms with Crippen LogP contribution in [0.25, 0.3) is 0 Å². The number of hydrogen-bond donors (Lipinski definition) is 2. The van der Waals surface area contributed by atoms with Crippen molar-refractivity contribution in [1.82, 2.24) is 10.2 Å². The number of rotatable bonds is 2. The number of aryl methyl sites for hydroxylation is 2. The topological polar surface area (TPSA) is 70.7 Å². The Morgan fingerprint density at radius 1 is 1.24 bits per heavy atom. The monoisotopic (exact) mass is 345 g/mol. The molecule has 0 bridgehead atoms. The Morgan fingerprint density at radius 2 is 1.96 bits per heavy atom. The highest BCUT2D eigenvalue weighted by molar-refractivity contribution is 5.91. The zero-order valence-electron chi connectivity index (χ0n) is 15.2. The van der Waals surface area contributed by atoms with E-state index >= 15 is 0 Å². The van der Waals surface area contributed by atoms with Gasteiger partial charge in [-0.25, -0.2) is 4.79 Å². The van der Waals surface area contributed by atoms with Gasteiger partial charge in [0.2, 0.25) is 5.91 Å². The van der Waals surface area contributed by atoms with Gasteiger partial charge in [0.25, 0.3) is 0 Å². The van der Waals surface area contributed by atoms with Crippen molar-refractivity contribution in [2.75, 3.05) is 38.7 Å². The number of ether oxygens (including phenoxy) is 1. The maximum Gasteiger partial charge on any atom is 0.321 e. The predicted molar refractivity (Wildman–Crippen MR) is 96.6 cm³/mol. The molecule has 1 aromatic rings. The van der Waals surface area contributed by atoms with Gasteiger partial charge in [0.15, 0.2) is 0 Å². The van der Waals surface area contributed by atoms with E-state index in [9.17, 15) is 9.59 Å². The summed E-state index contributed by atoms with van der Waals surface area (Å²) in [5, 5.41) is 5.77. The number of nitrogens with zero attached hydrogens (tertiary/aromatic N) is 1. The molecule has 25 heavy (non-hydrogen) atoms. The Balaban J connectivity index is 1.76. The molecule has 2 N–H and O–H groups in total. The van der Waals surface area contributed by atoms with E-state index in [4.69, 9.17) is 4.74 Å². The molecule has 0 saturated carbocycles. The third-order valence-electron chi connectivity index (χ3n) is 5.61. The first kappa shape index (κ1) is 17.7. The lowest BCUT2D eigenvalue weighted by Crippen LogP contribution is -2.43. The summed E-state index contributed by atoms with van der Waals surface area (Å²) in [6, 6.07) is 5.83. The van der Waals surface area contributed by atoms with Gasteiger partial charge in [-0.1, -0.05) is 17.7 Å². The predicted octanol–water partition coefficient (Wildman–Crippen LogP) is 2.31. The number of urea groups is 1. The summed E-state index contributed by atoms with van der Waals surface area (Å²) in [7, 11) is 1.66. The lowest BCUT2D eigenvalue weighted by atomic mass is 9.72. The number of anilines is 1. The van der Waals surface area contributed by atoms with E-state index in [1.54, 1.807) is 11.9 Å². The van der Waals surface area contributed by atoms with Crippen LogP contribution in [-0.4, -0.2) is 50.2 Å². The van der Waals surface area contributed by atoms with E-state index in [1.807, 2.05) is 32.0 Å². The number of amides is 3. The van der Waals surface area contributed by atoms with Crippen molar-refractivity contribution in [1.29, 1.82) is 0 Å². The van der Waals surface area contributed by atoms with Crippen molar-refractivity contribution in [2.45, 2.75) is 26.7 Å². The summed E-state index contributed by atoms with van der Waals surface area (Å²) in [6.45, 7) is 6.38. The number of nitrogens with one attached hydrogen (secondary N) is 2. The molecule has 1 unspecified atom stereocenters. The fourth-order valence-corrected chi connectivity index (χ4v) is 4.09. The van der Waals surface area contributed by atoms with E-state index in [0.29, 0.717) is 26.3 Å². The van der Waals surface area contributed by atoms with E-state index in [1.165, 1.54) is 0 Å². The molecular weight excluding hydrogens is 318 g/mol. The SMILES string of the molecule is CNC(=O)C1CN(C(=O)Nc2ccc(C)cc2C)CC12CCOCC2. The summed E-state index contributed by atoms with van der Waals surface area (Å²) in [5.74, 6) is -0.157. The highest BCUT2D eigenvalue weighted by atomic mass is 16.5. The summed E-state index contributed by atoms with van der Waals surface area (Å²) in [5.41, 5.74) is 2.85. The second kappa shape index (κ2) is 7.04. The molecule has 2 aliphatic heterocycles. The van der Waals surface area contributed by atoms with Crippen LogP contribution in [0.15, 0.2) is 18.2 Å². The van der Waals surface area contributed by atoms with Crippen molar-refractivity contribution in [3.8, 4) is 0 Å². The lowest BCUT2D eigenvalue weighted by molar-refractivity contribution is -0.129. The van der Waals surface area contributed by atoms with Crippen molar-refractivity contribution >= 4 is 17.6 Å². The molecule has 1 spiro atoms. The summed E-state index contributed by atoms with van der Waals surface area (Å²) >= 11 is 0. The highest BCUT2D eigenvalue weighted by Gasteiger charge is 2.51. The third-order valence-corrected chi connectivity index (χ3v) is 5.61. The summed E-state index contributed by atoms with van der Waals surface area (Å²) in [4.78, 5) is 27.0. The summed E-state index contributed by atoms with van der Waals surface area (Å²) < 4.78 is 5.49. The minimum Gasteiger partial charge on any atom is -0.381 e. The van der Waals surface area contributed by atoms with Gasteiger partial charge in [0, 0.05) is 44.5 Å². The standard InChI is InChI=1S/C19H27N3O3/c1-13-4-5-16(14(2)10-13)21-18(24)22-11-15(17(23)20-3)19(12-22)6-8-25-9-7-19/h4-5,10,15H,6-9,11-12H2,1-3H3,(H,20,23)(H,21,24). The van der Waals surface area contributed by atoms with Crippen LogP contribution in [0, 0.1) is 25.2 Å². The van der Waals surface area contributed by atoms with E-state index < -0.39 is 0 Å². The molecule has 0 aliphatic carbocycles. The van der Waals surface area contributed by atoms with Crippen LogP contribution in [0.5, 0.6) is 0 Å². The van der Waals surface area contributed by atoms with Gasteiger partial charge in [-0.2, -0.15) is 0 Å². The number of carbonyl (C=O) groups is 2. The minimum absolute atomic E-state index is 0.0173. The van der Waals surface area contributed by atoms with Crippen LogP contribution in [0.1, 0.15) is 24.0 Å². The molecule has 6 heteroatoms. The van der Waals surface area contributed by atoms with E-state index in [-0.39, 0.29) is 23.3 Å². The van der Waals surface area contributed by atoms with Crippen molar-refractivity contribution in [3.63, 3.8) is 0 Å². The average Bonchev–Trinajstić information content (AvgIpc) is 2.96. The second-order valence-corrected chi connectivity index (χ2v) is 7.27. The second-order valence-electron chi connectivity index (χ2n) is 7.27. The Hall–Kier alpha value is -2.08. The molecule has 3 amide bonds. The summed E-state index contributed by atoms with van der Waals surface area (Å²) in [6.07, 6.45) is 1.64. The van der Waals surface area contributed by atoms with Crippen LogP contribution in [0.4, 0.5) is 10.5 Å². The van der Waals surface area contributed by atoms with Crippen molar-refractivity contribution in [2.24, 2.45) is 11.3 Å². The minimum atomic E-state index is -0.175. The van der Waals surface area contributed by atoms with Crippen LogP contribution in [0.2, 0.25) is 0 Å². The van der Waals surface area contributed by atoms with Gasteiger partial charge in [-0.3, -0.25) is 4.79 Å². The quantitative estimate of drug-likeness (QED) is 0.864. The van der Waals surface area contributed by atoms with Gasteiger partial charge >= 0.3 is 6.03 Å². The Labute approximate surface area is 148 Å². The Morgan fingerprint density at radius 3 is 2.60 bits per heavy atom. The van der Waals surface area contributed by atoms with Crippen molar-refractivity contribution < 1.29 is 14.3 Å². The first-order valence-corrected chi connectivity index (χ1v) is 8.88. The maximum absolute atomic E-state index is 12.8. The first-order valence-electron chi connectivity index (χ1n) is 8.88. The fraction of sp³-hybridized carbons (Fsp3) is 0.579. The zero-order chi connectivity index (χ0) is 18.0. The lowest BCUT2D eigenvalue weighted by Gasteiger charge is -2.36. The average molecular weight is 345 g/mol. The maximum atomic E-state index is 12.8. The molecule has 0 radical (unpaired) electrons. The molecule has 1 atom stereocenters. The van der Waals surface area contributed by atoms with Crippen LogP contribution in [-0.2, 0) is 9.53 Å². The van der Waals surface area contributed by atoms with Gasteiger partial charge in [0.1, 0.15) is 0 Å². The van der Waals surface area contributed by atoms with Crippen LogP contribution >= 0.6 is 0 Å². The molecule has 2 heterocycles. The largest absolute Gasteiger partial charge is 0.381 e. The number of hydrogen-bond acceptors (Lipinski definition) is 3. The molecule has 1 aromatic carbocycles. The molecule has 136 valence electrons. The third kappa shape index (κ3) is 3.49. The zero-order valence-corrected chi connectivity index (χ0v) is 15.2. The number of carbonyl (C=O) groups excluding carboxylic acids is 2. The van der Waals surface area contributed by atoms with Crippen LogP contribution < -0.4 is 10.6 Å². The molecule has 2 fully saturated rings. The van der Waals surface area contributed by atoms with Crippen LogP contribution in [0.3, 0.4) is 0 Å². The van der Waals surface area contributed by atoms with Gasteiger partial charge < -0.3 is 20.3 Å².